The number of thiol groups is 1. The van der Waals surface area contributed by atoms with E-state index in [-0.39, 0.29) is 25.4 Å². The first-order valence-electron chi connectivity index (χ1n) is 2.75. The molecule has 1 unspecified atom stereocenters. The quantitative estimate of drug-likeness (QED) is 0.389. The van der Waals surface area contributed by atoms with Crippen LogP contribution in [-0.4, -0.2) is 24.4 Å². The van der Waals surface area contributed by atoms with Crippen LogP contribution < -0.4 is 5.73 Å². The standard InChI is InChI=1S/C5H11NO2S.Zn/c1-2-8-5(7)4(6)3-9;/h4,9H,2-3,6H2,1H3;. The van der Waals surface area contributed by atoms with E-state index in [1.807, 2.05) is 0 Å². The maximum atomic E-state index is 10.6. The van der Waals surface area contributed by atoms with Gasteiger partial charge < -0.3 is 10.5 Å². The van der Waals surface area contributed by atoms with E-state index in [2.05, 4.69) is 17.4 Å². The number of rotatable bonds is 3. The van der Waals surface area contributed by atoms with Gasteiger partial charge >= 0.3 is 5.97 Å². The van der Waals surface area contributed by atoms with E-state index in [0.29, 0.717) is 12.4 Å². The molecular formula is C5H11NO2SZn. The molecule has 0 rings (SSSR count). The van der Waals surface area contributed by atoms with Gasteiger partial charge in [-0.2, -0.15) is 12.6 Å². The molecule has 56 valence electrons. The number of carbonyl (C=O) groups is 1. The summed E-state index contributed by atoms with van der Waals surface area (Å²) in [5.74, 6) is -0.0498. The Bertz CT molecular complexity index is 102. The Morgan fingerprint density at radius 3 is 2.60 bits per heavy atom. The molecule has 0 aromatic heterocycles. The molecule has 0 aromatic carbocycles. The minimum Gasteiger partial charge on any atom is -0.465 e. The number of nitrogens with two attached hydrogens (primary N) is 1. The molecule has 0 heterocycles. The van der Waals surface area contributed by atoms with Gasteiger partial charge in [-0.05, 0) is 6.92 Å². The van der Waals surface area contributed by atoms with Gasteiger partial charge in [0.15, 0.2) is 0 Å². The summed E-state index contributed by atoms with van der Waals surface area (Å²) in [6, 6.07) is -0.576. The van der Waals surface area contributed by atoms with Crippen LogP contribution in [0, 0.1) is 0 Å². The van der Waals surface area contributed by atoms with E-state index in [1.54, 1.807) is 6.92 Å². The summed E-state index contributed by atoms with van der Waals surface area (Å²) in [4.78, 5) is 10.6. The van der Waals surface area contributed by atoms with Crippen LogP contribution in [0.3, 0.4) is 0 Å². The van der Waals surface area contributed by atoms with Crippen molar-refractivity contribution in [3.63, 3.8) is 0 Å². The third kappa shape index (κ3) is 5.21. The third-order valence-electron chi connectivity index (χ3n) is 0.786. The van der Waals surface area contributed by atoms with Crippen LogP contribution in [0.4, 0.5) is 0 Å². The Balaban J connectivity index is 0. The van der Waals surface area contributed by atoms with Gasteiger partial charge in [0.05, 0.1) is 6.61 Å². The molecule has 0 saturated heterocycles. The van der Waals surface area contributed by atoms with Crippen molar-refractivity contribution in [3.05, 3.63) is 0 Å². The van der Waals surface area contributed by atoms with Gasteiger partial charge in [0, 0.05) is 25.2 Å². The molecule has 0 saturated carbocycles. The number of hydrogen-bond donors (Lipinski definition) is 2. The van der Waals surface area contributed by atoms with E-state index >= 15 is 0 Å². The Morgan fingerprint density at radius 2 is 2.30 bits per heavy atom. The van der Waals surface area contributed by atoms with Gasteiger partial charge in [-0.1, -0.05) is 0 Å². The van der Waals surface area contributed by atoms with Crippen molar-refractivity contribution < 1.29 is 29.0 Å². The second kappa shape index (κ2) is 7.51. The van der Waals surface area contributed by atoms with Gasteiger partial charge in [0.25, 0.3) is 0 Å². The van der Waals surface area contributed by atoms with Crippen molar-refractivity contribution in [1.82, 2.24) is 0 Å². The largest absolute Gasteiger partial charge is 0.465 e. The van der Waals surface area contributed by atoms with Crippen LogP contribution in [-0.2, 0) is 29.0 Å². The maximum Gasteiger partial charge on any atom is 0.323 e. The molecular weight excluding hydrogens is 204 g/mol. The first-order valence-corrected chi connectivity index (χ1v) is 3.38. The predicted octanol–water partition coefficient (Wildman–Crippen LogP) is -0.196. The Kier molecular flexibility index (Phi) is 9.78. The fourth-order valence-electron chi connectivity index (χ4n) is 0.324. The normalized spacial score (nSPS) is 11.5. The minimum atomic E-state index is -0.576. The third-order valence-corrected chi connectivity index (χ3v) is 1.18. The van der Waals surface area contributed by atoms with Gasteiger partial charge in [-0.25, -0.2) is 0 Å². The summed E-state index contributed by atoms with van der Waals surface area (Å²) < 4.78 is 4.58. The van der Waals surface area contributed by atoms with Crippen molar-refractivity contribution in [3.8, 4) is 0 Å². The topological polar surface area (TPSA) is 52.3 Å². The van der Waals surface area contributed by atoms with Crippen molar-refractivity contribution in [2.24, 2.45) is 5.73 Å². The monoisotopic (exact) mass is 213 g/mol. The van der Waals surface area contributed by atoms with E-state index in [9.17, 15) is 4.79 Å². The average Bonchev–Trinajstić information content (AvgIpc) is 1.87. The Morgan fingerprint density at radius 1 is 1.80 bits per heavy atom. The van der Waals surface area contributed by atoms with Crippen molar-refractivity contribution in [2.45, 2.75) is 13.0 Å². The molecule has 0 spiro atoms. The summed E-state index contributed by atoms with van der Waals surface area (Å²) in [7, 11) is 0. The second-order valence-electron chi connectivity index (χ2n) is 1.54. The zero-order chi connectivity index (χ0) is 7.28. The first kappa shape index (κ1) is 13.0. The maximum absolute atomic E-state index is 10.6. The van der Waals surface area contributed by atoms with Crippen LogP contribution in [0.15, 0.2) is 0 Å². The van der Waals surface area contributed by atoms with Gasteiger partial charge in [0.2, 0.25) is 0 Å². The summed E-state index contributed by atoms with van der Waals surface area (Å²) in [5.41, 5.74) is 5.25. The molecule has 0 aliphatic carbocycles. The zero-order valence-corrected chi connectivity index (χ0v) is 9.90. The van der Waals surface area contributed by atoms with Crippen LogP contribution in [0.1, 0.15) is 6.92 Å². The van der Waals surface area contributed by atoms with Crippen LogP contribution >= 0.6 is 12.6 Å². The zero-order valence-electron chi connectivity index (χ0n) is 6.04. The molecule has 0 bridgehead atoms. The molecule has 3 nitrogen and oxygen atoms in total. The number of ether oxygens (including phenoxy) is 1. The molecule has 0 amide bonds. The summed E-state index contributed by atoms with van der Waals surface area (Å²) >= 11 is 3.82. The molecule has 2 N–H and O–H groups in total. The van der Waals surface area contributed by atoms with Gasteiger partial charge in [-0.15, -0.1) is 0 Å². The first-order chi connectivity index (χ1) is 4.22. The number of hydrogen-bond acceptors (Lipinski definition) is 4. The Labute approximate surface area is 78.9 Å². The summed E-state index contributed by atoms with van der Waals surface area (Å²) in [5, 5.41) is 0. The van der Waals surface area contributed by atoms with Crippen molar-refractivity contribution in [1.29, 1.82) is 0 Å². The van der Waals surface area contributed by atoms with E-state index in [1.165, 1.54) is 0 Å². The van der Waals surface area contributed by atoms with Crippen molar-refractivity contribution >= 4 is 18.6 Å². The van der Waals surface area contributed by atoms with E-state index in [0.717, 1.165) is 0 Å². The number of esters is 1. The molecule has 0 aromatic rings. The average molecular weight is 215 g/mol. The molecule has 10 heavy (non-hydrogen) atoms. The molecule has 1 atom stereocenters. The van der Waals surface area contributed by atoms with Gasteiger partial charge in [0.1, 0.15) is 6.04 Å². The SMILES string of the molecule is CCOC(=O)C(N)CS.[Zn]. The van der Waals surface area contributed by atoms with Crippen LogP contribution in [0.2, 0.25) is 0 Å². The fraction of sp³-hybridized carbons (Fsp3) is 0.800. The van der Waals surface area contributed by atoms with Crippen LogP contribution in [0.25, 0.3) is 0 Å². The van der Waals surface area contributed by atoms with E-state index in [4.69, 9.17) is 5.73 Å². The Hall–Kier alpha value is 0.403. The molecule has 0 radical (unpaired) electrons. The second-order valence-corrected chi connectivity index (χ2v) is 1.91. The molecule has 0 aliphatic heterocycles. The summed E-state index contributed by atoms with van der Waals surface area (Å²) in [6.07, 6.45) is 0. The fourth-order valence-corrected chi connectivity index (χ4v) is 0.473. The molecule has 0 aliphatic rings. The number of carbonyl (C=O) groups excluding carboxylic acids is 1. The molecule has 0 fully saturated rings. The predicted molar refractivity (Wildman–Crippen MR) is 38.5 cm³/mol. The summed E-state index contributed by atoms with van der Waals surface area (Å²) in [6.45, 7) is 2.11. The van der Waals surface area contributed by atoms with Gasteiger partial charge in [-0.3, -0.25) is 4.79 Å². The van der Waals surface area contributed by atoms with Crippen molar-refractivity contribution in [2.75, 3.05) is 12.4 Å². The molecule has 5 heteroatoms. The minimum absolute atomic E-state index is 0. The smallest absolute Gasteiger partial charge is 0.323 e. The van der Waals surface area contributed by atoms with Crippen LogP contribution in [0.5, 0.6) is 0 Å². The van der Waals surface area contributed by atoms with E-state index < -0.39 is 6.04 Å².